The summed E-state index contributed by atoms with van der Waals surface area (Å²) in [5, 5.41) is 16.0. The molecule has 0 amide bonds. The average molecular weight is 236 g/mol. The summed E-state index contributed by atoms with van der Waals surface area (Å²) in [5.41, 5.74) is 0.844. The first-order chi connectivity index (χ1) is 8.21. The van der Waals surface area contributed by atoms with Crippen LogP contribution in [0.2, 0.25) is 0 Å². The second kappa shape index (κ2) is 4.87. The minimum Gasteiger partial charge on any atom is -0.394 e. The van der Waals surface area contributed by atoms with E-state index in [0.29, 0.717) is 0 Å². The maximum absolute atomic E-state index is 9.44. The number of aliphatic hydroxyl groups is 1. The molecule has 1 aliphatic carbocycles. The molecule has 0 unspecified atom stereocenters. The number of anilines is 2. The van der Waals surface area contributed by atoms with Crippen LogP contribution in [0.1, 0.15) is 31.7 Å². The zero-order valence-corrected chi connectivity index (χ0v) is 10.5. The normalized spacial score (nSPS) is 17.4. The summed E-state index contributed by atoms with van der Waals surface area (Å²) in [6.45, 7) is 5.02. The highest BCUT2D eigenvalue weighted by Crippen LogP contribution is 2.35. The van der Waals surface area contributed by atoms with E-state index < -0.39 is 0 Å². The van der Waals surface area contributed by atoms with Gasteiger partial charge in [-0.05, 0) is 33.1 Å². The van der Waals surface area contributed by atoms with Gasteiger partial charge < -0.3 is 15.7 Å². The fraction of sp³-hybridized carbons (Fsp3) is 0.667. The number of aromatic nitrogens is 2. The molecule has 0 atom stereocenters. The standard InChI is InChI=1S/C12H20N4O/c1-3-13-10-9(2)11(15-8-14-10)16-12(7-17)5-4-6-12/h8,17H,3-7H2,1-2H3,(H2,13,14,15,16). The number of aliphatic hydroxyl groups excluding tert-OH is 1. The predicted molar refractivity (Wildman–Crippen MR) is 68.2 cm³/mol. The van der Waals surface area contributed by atoms with Crippen LogP contribution in [0.15, 0.2) is 6.33 Å². The molecule has 94 valence electrons. The van der Waals surface area contributed by atoms with Gasteiger partial charge in [-0.2, -0.15) is 0 Å². The Morgan fingerprint density at radius 1 is 1.35 bits per heavy atom. The number of nitrogens with zero attached hydrogens (tertiary/aromatic N) is 2. The minimum atomic E-state index is -0.164. The zero-order chi connectivity index (χ0) is 12.3. The van der Waals surface area contributed by atoms with Gasteiger partial charge in [-0.1, -0.05) is 0 Å². The van der Waals surface area contributed by atoms with Gasteiger partial charge in [-0.3, -0.25) is 0 Å². The van der Waals surface area contributed by atoms with Crippen molar-refractivity contribution in [2.75, 3.05) is 23.8 Å². The van der Waals surface area contributed by atoms with Gasteiger partial charge in [0.15, 0.2) is 0 Å². The highest BCUT2D eigenvalue weighted by molar-refractivity contribution is 5.57. The minimum absolute atomic E-state index is 0.160. The van der Waals surface area contributed by atoms with Crippen LogP contribution in [0.4, 0.5) is 11.6 Å². The fourth-order valence-electron chi connectivity index (χ4n) is 2.10. The molecule has 3 N–H and O–H groups in total. The molecule has 0 bridgehead atoms. The van der Waals surface area contributed by atoms with Crippen molar-refractivity contribution in [2.24, 2.45) is 0 Å². The molecule has 5 heteroatoms. The average Bonchev–Trinajstić information content (AvgIpc) is 2.28. The van der Waals surface area contributed by atoms with E-state index >= 15 is 0 Å². The molecule has 0 aromatic carbocycles. The van der Waals surface area contributed by atoms with E-state index in [4.69, 9.17) is 0 Å². The van der Waals surface area contributed by atoms with Crippen LogP contribution >= 0.6 is 0 Å². The molecule has 1 fully saturated rings. The van der Waals surface area contributed by atoms with Gasteiger partial charge in [0, 0.05) is 12.1 Å². The lowest BCUT2D eigenvalue weighted by Crippen LogP contribution is -2.48. The Balaban J connectivity index is 2.18. The molecular formula is C12H20N4O. The summed E-state index contributed by atoms with van der Waals surface area (Å²) < 4.78 is 0. The van der Waals surface area contributed by atoms with Crippen molar-refractivity contribution in [2.45, 2.75) is 38.6 Å². The Morgan fingerprint density at radius 2 is 2.06 bits per heavy atom. The molecule has 1 saturated carbocycles. The van der Waals surface area contributed by atoms with Gasteiger partial charge in [0.2, 0.25) is 0 Å². The van der Waals surface area contributed by atoms with Crippen LogP contribution < -0.4 is 10.6 Å². The first-order valence-electron chi connectivity index (χ1n) is 6.15. The second-order valence-corrected chi connectivity index (χ2v) is 4.64. The molecule has 5 nitrogen and oxygen atoms in total. The lowest BCUT2D eigenvalue weighted by molar-refractivity contribution is 0.143. The molecule has 17 heavy (non-hydrogen) atoms. The van der Waals surface area contributed by atoms with E-state index in [1.165, 1.54) is 0 Å². The molecule has 0 spiro atoms. The molecule has 1 heterocycles. The Kier molecular flexibility index (Phi) is 3.47. The van der Waals surface area contributed by atoms with Crippen molar-refractivity contribution in [1.29, 1.82) is 0 Å². The van der Waals surface area contributed by atoms with Crippen LogP contribution in [0.5, 0.6) is 0 Å². The van der Waals surface area contributed by atoms with Gasteiger partial charge in [0.25, 0.3) is 0 Å². The van der Waals surface area contributed by atoms with Crippen LogP contribution in [-0.2, 0) is 0 Å². The van der Waals surface area contributed by atoms with Crippen LogP contribution in [-0.4, -0.2) is 33.8 Å². The first kappa shape index (κ1) is 12.1. The number of rotatable bonds is 5. The third kappa shape index (κ3) is 2.34. The van der Waals surface area contributed by atoms with Crippen molar-refractivity contribution in [3.8, 4) is 0 Å². The SMILES string of the molecule is CCNc1ncnc(NC2(CO)CCC2)c1C. The first-order valence-corrected chi connectivity index (χ1v) is 6.15. The second-order valence-electron chi connectivity index (χ2n) is 4.64. The van der Waals surface area contributed by atoms with Gasteiger partial charge in [0.1, 0.15) is 18.0 Å². The highest BCUT2D eigenvalue weighted by Gasteiger charge is 2.36. The van der Waals surface area contributed by atoms with Crippen molar-refractivity contribution >= 4 is 11.6 Å². The Bertz CT molecular complexity index is 385. The van der Waals surface area contributed by atoms with E-state index in [2.05, 4.69) is 20.6 Å². The van der Waals surface area contributed by atoms with E-state index in [1.54, 1.807) is 6.33 Å². The zero-order valence-electron chi connectivity index (χ0n) is 10.5. The van der Waals surface area contributed by atoms with Crippen LogP contribution in [0, 0.1) is 6.92 Å². The largest absolute Gasteiger partial charge is 0.394 e. The van der Waals surface area contributed by atoms with Gasteiger partial charge in [-0.15, -0.1) is 0 Å². The van der Waals surface area contributed by atoms with E-state index in [1.807, 2.05) is 13.8 Å². The summed E-state index contributed by atoms with van der Waals surface area (Å²) in [4.78, 5) is 8.47. The molecule has 1 aromatic rings. The van der Waals surface area contributed by atoms with Gasteiger partial charge >= 0.3 is 0 Å². The summed E-state index contributed by atoms with van der Waals surface area (Å²) in [6, 6.07) is 0. The molecule has 0 radical (unpaired) electrons. The Morgan fingerprint density at radius 3 is 2.59 bits per heavy atom. The Labute approximate surface area is 102 Å². The molecule has 1 aromatic heterocycles. The lowest BCUT2D eigenvalue weighted by atomic mass is 9.77. The van der Waals surface area contributed by atoms with Crippen molar-refractivity contribution < 1.29 is 5.11 Å². The molecule has 0 aliphatic heterocycles. The summed E-state index contributed by atoms with van der Waals surface area (Å²) in [6.07, 6.45) is 4.72. The molecule has 2 rings (SSSR count). The van der Waals surface area contributed by atoms with E-state index in [-0.39, 0.29) is 12.1 Å². The highest BCUT2D eigenvalue weighted by atomic mass is 16.3. The molecule has 0 saturated heterocycles. The summed E-state index contributed by atoms with van der Waals surface area (Å²) >= 11 is 0. The topological polar surface area (TPSA) is 70.1 Å². The van der Waals surface area contributed by atoms with Crippen molar-refractivity contribution in [3.05, 3.63) is 11.9 Å². The van der Waals surface area contributed by atoms with Crippen molar-refractivity contribution in [3.63, 3.8) is 0 Å². The third-order valence-corrected chi connectivity index (χ3v) is 3.43. The predicted octanol–water partition coefficient (Wildman–Crippen LogP) is 1.54. The van der Waals surface area contributed by atoms with Crippen molar-refractivity contribution in [1.82, 2.24) is 9.97 Å². The maximum atomic E-state index is 9.44. The molecule has 1 aliphatic rings. The molecular weight excluding hydrogens is 216 g/mol. The quantitative estimate of drug-likeness (QED) is 0.723. The Hall–Kier alpha value is -1.36. The lowest BCUT2D eigenvalue weighted by Gasteiger charge is -2.41. The van der Waals surface area contributed by atoms with E-state index in [9.17, 15) is 5.11 Å². The van der Waals surface area contributed by atoms with Gasteiger partial charge in [-0.25, -0.2) is 9.97 Å². The third-order valence-electron chi connectivity index (χ3n) is 3.43. The van der Waals surface area contributed by atoms with E-state index in [0.717, 1.165) is 43.0 Å². The van der Waals surface area contributed by atoms with Crippen LogP contribution in [0.3, 0.4) is 0 Å². The maximum Gasteiger partial charge on any atom is 0.134 e. The number of nitrogens with one attached hydrogen (secondary N) is 2. The van der Waals surface area contributed by atoms with Gasteiger partial charge in [0.05, 0.1) is 12.1 Å². The summed E-state index contributed by atoms with van der Waals surface area (Å²) in [7, 11) is 0. The summed E-state index contributed by atoms with van der Waals surface area (Å²) in [5.74, 6) is 1.68. The smallest absolute Gasteiger partial charge is 0.134 e. The van der Waals surface area contributed by atoms with Crippen LogP contribution in [0.25, 0.3) is 0 Å². The fourth-order valence-corrected chi connectivity index (χ4v) is 2.10. The number of hydrogen-bond acceptors (Lipinski definition) is 5. The monoisotopic (exact) mass is 236 g/mol. The number of hydrogen-bond donors (Lipinski definition) is 3.